The molecular weight excluding hydrogens is 242 g/mol. The molecule has 102 valence electrons. The summed E-state index contributed by atoms with van der Waals surface area (Å²) in [4.78, 5) is 33.6. The third-order valence-corrected chi connectivity index (χ3v) is 3.05. The number of nitrogens with one attached hydrogen (secondary N) is 1. The fraction of sp³-hybridized carbons (Fsp3) is 0.700. The van der Waals surface area contributed by atoms with Gasteiger partial charge in [0, 0.05) is 6.04 Å². The smallest absolute Gasteiger partial charge is 0.326 e. The molecule has 0 aliphatic carbocycles. The molecule has 0 bridgehead atoms. The topological polar surface area (TPSA) is 145 Å². The molecule has 3 atom stereocenters. The van der Waals surface area contributed by atoms with Crippen molar-refractivity contribution in [1.29, 1.82) is 0 Å². The number of aliphatic carboxylic acids is 1. The highest BCUT2D eigenvalue weighted by molar-refractivity contribution is 5.90. The largest absolute Gasteiger partial charge is 0.480 e. The summed E-state index contributed by atoms with van der Waals surface area (Å²) in [6.45, 7) is 1.93. The molecule has 1 rings (SSSR count). The van der Waals surface area contributed by atoms with E-state index in [0.717, 1.165) is 0 Å². The molecule has 1 aliphatic heterocycles. The van der Waals surface area contributed by atoms with Gasteiger partial charge < -0.3 is 26.6 Å². The predicted molar refractivity (Wildman–Crippen MR) is 60.3 cm³/mol. The minimum atomic E-state index is -1.35. The first kappa shape index (κ1) is 14.4. The summed E-state index contributed by atoms with van der Waals surface area (Å²) in [7, 11) is 0. The van der Waals surface area contributed by atoms with Crippen LogP contribution in [-0.4, -0.2) is 48.2 Å². The summed E-state index contributed by atoms with van der Waals surface area (Å²) < 4.78 is 5.09. The summed E-state index contributed by atoms with van der Waals surface area (Å²) in [5, 5.41) is 11.1. The molecule has 0 saturated carbocycles. The van der Waals surface area contributed by atoms with Gasteiger partial charge in [-0.1, -0.05) is 0 Å². The Morgan fingerprint density at radius 3 is 2.56 bits per heavy atom. The van der Waals surface area contributed by atoms with Crippen molar-refractivity contribution in [2.24, 2.45) is 16.9 Å². The predicted octanol–water partition coefficient (Wildman–Crippen LogP) is -2.20. The number of carboxylic acids is 1. The lowest BCUT2D eigenvalue weighted by atomic mass is 9.84. The highest BCUT2D eigenvalue weighted by Gasteiger charge is 2.45. The second-order valence-electron chi connectivity index (χ2n) is 4.57. The second-order valence-corrected chi connectivity index (χ2v) is 4.57. The minimum Gasteiger partial charge on any atom is -0.480 e. The van der Waals surface area contributed by atoms with E-state index in [4.69, 9.17) is 21.3 Å². The monoisotopic (exact) mass is 259 g/mol. The number of carbonyl (C=O) groups excluding carboxylic acids is 2. The summed E-state index contributed by atoms with van der Waals surface area (Å²) in [5.41, 5.74) is 9.67. The Bertz CT molecular complexity index is 373. The van der Waals surface area contributed by atoms with Crippen molar-refractivity contribution >= 4 is 17.8 Å². The van der Waals surface area contributed by atoms with Gasteiger partial charge in [0.05, 0.1) is 25.0 Å². The van der Waals surface area contributed by atoms with Crippen LogP contribution in [0.1, 0.15) is 13.3 Å². The maximum absolute atomic E-state index is 12.0. The number of nitrogens with two attached hydrogens (primary N) is 2. The van der Waals surface area contributed by atoms with E-state index in [1.165, 1.54) is 0 Å². The van der Waals surface area contributed by atoms with Crippen molar-refractivity contribution < 1.29 is 24.2 Å². The van der Waals surface area contributed by atoms with Gasteiger partial charge in [0.15, 0.2) is 0 Å². The third kappa shape index (κ3) is 2.96. The van der Waals surface area contributed by atoms with Gasteiger partial charge in [0.2, 0.25) is 11.8 Å². The quantitative estimate of drug-likeness (QED) is 0.440. The van der Waals surface area contributed by atoms with Crippen molar-refractivity contribution in [3.05, 3.63) is 0 Å². The van der Waals surface area contributed by atoms with E-state index in [1.807, 2.05) is 0 Å². The standard InChI is InChI=1S/C10H17N3O5/c1-10(4-18-3-6(10)11)9(17)13-5(8(15)16)2-7(12)14/h5-6H,2-4,11H2,1H3,(H2,12,14)(H,13,17)(H,15,16). The zero-order valence-electron chi connectivity index (χ0n) is 10.0. The molecule has 3 unspecified atom stereocenters. The Kier molecular flexibility index (Phi) is 4.25. The molecule has 0 aromatic carbocycles. The molecule has 1 heterocycles. The van der Waals surface area contributed by atoms with E-state index in [0.29, 0.717) is 0 Å². The van der Waals surface area contributed by atoms with Crippen molar-refractivity contribution in [3.63, 3.8) is 0 Å². The van der Waals surface area contributed by atoms with Gasteiger partial charge >= 0.3 is 5.97 Å². The van der Waals surface area contributed by atoms with Crippen LogP contribution >= 0.6 is 0 Å². The highest BCUT2D eigenvalue weighted by Crippen LogP contribution is 2.27. The average molecular weight is 259 g/mol. The fourth-order valence-electron chi connectivity index (χ4n) is 1.65. The van der Waals surface area contributed by atoms with Crippen LogP contribution in [-0.2, 0) is 19.1 Å². The lowest BCUT2D eigenvalue weighted by Gasteiger charge is -2.27. The van der Waals surface area contributed by atoms with E-state index < -0.39 is 41.7 Å². The molecule has 8 nitrogen and oxygen atoms in total. The zero-order valence-corrected chi connectivity index (χ0v) is 10.0. The van der Waals surface area contributed by atoms with E-state index >= 15 is 0 Å². The number of hydrogen-bond acceptors (Lipinski definition) is 5. The molecule has 18 heavy (non-hydrogen) atoms. The molecule has 6 N–H and O–H groups in total. The van der Waals surface area contributed by atoms with Gasteiger partial charge in [-0.2, -0.15) is 0 Å². The molecule has 1 fully saturated rings. The number of ether oxygens (including phenoxy) is 1. The third-order valence-electron chi connectivity index (χ3n) is 3.05. The lowest BCUT2D eigenvalue weighted by Crippen LogP contribution is -2.54. The van der Waals surface area contributed by atoms with Crippen LogP contribution in [0.25, 0.3) is 0 Å². The SMILES string of the molecule is CC1(C(=O)NC(CC(N)=O)C(=O)O)COCC1N. The van der Waals surface area contributed by atoms with Crippen LogP contribution in [0.3, 0.4) is 0 Å². The van der Waals surface area contributed by atoms with E-state index in [9.17, 15) is 14.4 Å². The van der Waals surface area contributed by atoms with Crippen molar-refractivity contribution in [2.75, 3.05) is 13.2 Å². The van der Waals surface area contributed by atoms with Crippen molar-refractivity contribution in [1.82, 2.24) is 5.32 Å². The molecule has 0 radical (unpaired) electrons. The van der Waals surface area contributed by atoms with E-state index in [2.05, 4.69) is 5.32 Å². The number of rotatable bonds is 5. The van der Waals surface area contributed by atoms with Gasteiger partial charge in [-0.3, -0.25) is 9.59 Å². The maximum atomic E-state index is 12.0. The summed E-state index contributed by atoms with van der Waals surface area (Å²) in [6.07, 6.45) is -0.465. The Balaban J connectivity index is 2.72. The Morgan fingerprint density at radius 2 is 2.17 bits per heavy atom. The molecular formula is C10H17N3O5. The molecule has 1 saturated heterocycles. The molecule has 0 aromatic rings. The number of amides is 2. The van der Waals surface area contributed by atoms with Crippen molar-refractivity contribution in [2.45, 2.75) is 25.4 Å². The first-order valence-corrected chi connectivity index (χ1v) is 5.42. The van der Waals surface area contributed by atoms with Crippen LogP contribution in [0, 0.1) is 5.41 Å². The Morgan fingerprint density at radius 1 is 1.56 bits per heavy atom. The number of carboxylic acid groups (broad SMARTS) is 1. The minimum absolute atomic E-state index is 0.114. The highest BCUT2D eigenvalue weighted by atomic mass is 16.5. The number of primary amides is 1. The second kappa shape index (κ2) is 5.32. The molecule has 0 aromatic heterocycles. The Hall–Kier alpha value is -1.67. The van der Waals surface area contributed by atoms with E-state index in [-0.39, 0.29) is 13.2 Å². The van der Waals surface area contributed by atoms with Gasteiger partial charge in [0.1, 0.15) is 6.04 Å². The normalized spacial score (nSPS) is 28.7. The average Bonchev–Trinajstić information content (AvgIpc) is 2.58. The number of carbonyl (C=O) groups is 3. The number of hydrogen-bond donors (Lipinski definition) is 4. The van der Waals surface area contributed by atoms with Gasteiger partial charge in [0.25, 0.3) is 0 Å². The fourth-order valence-corrected chi connectivity index (χ4v) is 1.65. The molecule has 1 aliphatic rings. The van der Waals surface area contributed by atoms with Crippen LogP contribution in [0.15, 0.2) is 0 Å². The maximum Gasteiger partial charge on any atom is 0.326 e. The van der Waals surface area contributed by atoms with Gasteiger partial charge in [-0.05, 0) is 6.92 Å². The summed E-state index contributed by atoms with van der Waals surface area (Å²) >= 11 is 0. The van der Waals surface area contributed by atoms with E-state index in [1.54, 1.807) is 6.92 Å². The molecule has 2 amide bonds. The lowest BCUT2D eigenvalue weighted by molar-refractivity contribution is -0.145. The summed E-state index contributed by atoms with van der Waals surface area (Å²) in [5.74, 6) is -2.68. The van der Waals surface area contributed by atoms with Crippen LogP contribution in [0.4, 0.5) is 0 Å². The molecule has 8 heteroatoms. The first-order chi connectivity index (χ1) is 8.27. The van der Waals surface area contributed by atoms with Crippen LogP contribution in [0.2, 0.25) is 0 Å². The Labute approximate surface area is 104 Å². The molecule has 0 spiro atoms. The first-order valence-electron chi connectivity index (χ1n) is 5.42. The summed E-state index contributed by atoms with van der Waals surface area (Å²) in [6, 6.07) is -1.86. The van der Waals surface area contributed by atoms with Gasteiger partial charge in [-0.25, -0.2) is 4.79 Å². The van der Waals surface area contributed by atoms with Crippen molar-refractivity contribution in [3.8, 4) is 0 Å². The van der Waals surface area contributed by atoms with Gasteiger partial charge in [-0.15, -0.1) is 0 Å². The van der Waals surface area contributed by atoms with Crippen LogP contribution in [0.5, 0.6) is 0 Å². The zero-order chi connectivity index (χ0) is 13.9. The van der Waals surface area contributed by atoms with Crippen LogP contribution < -0.4 is 16.8 Å².